The highest BCUT2D eigenvalue weighted by molar-refractivity contribution is 5.48. The van der Waals surface area contributed by atoms with E-state index in [0.717, 1.165) is 6.54 Å². The first-order chi connectivity index (χ1) is 6.71. The van der Waals surface area contributed by atoms with Gasteiger partial charge in [0.2, 0.25) is 0 Å². The molecule has 0 saturated heterocycles. The van der Waals surface area contributed by atoms with E-state index in [4.69, 9.17) is 0 Å². The highest BCUT2D eigenvalue weighted by Crippen LogP contribution is 2.51. The summed E-state index contributed by atoms with van der Waals surface area (Å²) in [5, 5.41) is 3.55. The topological polar surface area (TPSA) is 12.0 Å². The van der Waals surface area contributed by atoms with Gasteiger partial charge in [-0.1, -0.05) is 17.7 Å². The van der Waals surface area contributed by atoms with Crippen molar-refractivity contribution in [1.29, 1.82) is 0 Å². The maximum Gasteiger partial charge on any atom is 0.0209 e. The molecule has 3 rings (SSSR count). The third-order valence-electron chi connectivity index (χ3n) is 3.72. The van der Waals surface area contributed by atoms with E-state index in [2.05, 4.69) is 31.3 Å². The molecule has 1 fully saturated rings. The van der Waals surface area contributed by atoms with Crippen molar-refractivity contribution in [3.05, 3.63) is 34.4 Å². The second kappa shape index (κ2) is 2.60. The third-order valence-corrected chi connectivity index (χ3v) is 3.72. The van der Waals surface area contributed by atoms with Crippen LogP contribution in [0.5, 0.6) is 0 Å². The van der Waals surface area contributed by atoms with E-state index in [1.165, 1.54) is 30.5 Å². The number of rotatable bonds is 0. The summed E-state index contributed by atoms with van der Waals surface area (Å²) in [7, 11) is 0. The Morgan fingerprint density at radius 3 is 2.71 bits per heavy atom. The summed E-state index contributed by atoms with van der Waals surface area (Å²) in [5.41, 5.74) is 6.67. The fraction of sp³-hybridized carbons (Fsp3) is 0.538. The van der Waals surface area contributed by atoms with E-state index in [0.29, 0.717) is 5.41 Å². The van der Waals surface area contributed by atoms with E-state index < -0.39 is 0 Å². The minimum absolute atomic E-state index is 0.533. The van der Waals surface area contributed by atoms with E-state index in [1.807, 2.05) is 0 Å². The summed E-state index contributed by atoms with van der Waals surface area (Å²) in [6.07, 6.45) is 2.77. The smallest absolute Gasteiger partial charge is 0.0209 e. The van der Waals surface area contributed by atoms with E-state index >= 15 is 0 Å². The molecule has 0 radical (unpaired) electrons. The van der Waals surface area contributed by atoms with Gasteiger partial charge in [-0.2, -0.15) is 0 Å². The summed E-state index contributed by atoms with van der Waals surface area (Å²) >= 11 is 0. The Balaban J connectivity index is 2.22. The fourth-order valence-electron chi connectivity index (χ4n) is 3.06. The van der Waals surface area contributed by atoms with Gasteiger partial charge < -0.3 is 5.32 Å². The van der Waals surface area contributed by atoms with E-state index in [9.17, 15) is 0 Å². The van der Waals surface area contributed by atoms with Gasteiger partial charge in [0, 0.05) is 18.5 Å². The molecule has 1 heteroatoms. The van der Waals surface area contributed by atoms with Gasteiger partial charge in [0.1, 0.15) is 0 Å². The van der Waals surface area contributed by atoms with Crippen molar-refractivity contribution in [3.63, 3.8) is 0 Å². The first-order valence-electron chi connectivity index (χ1n) is 5.53. The van der Waals surface area contributed by atoms with Crippen molar-refractivity contribution < 1.29 is 0 Å². The molecule has 1 heterocycles. The van der Waals surface area contributed by atoms with Crippen LogP contribution in [-0.2, 0) is 12.0 Å². The summed E-state index contributed by atoms with van der Waals surface area (Å²) in [4.78, 5) is 0. The molecule has 14 heavy (non-hydrogen) atoms. The maximum absolute atomic E-state index is 3.55. The minimum Gasteiger partial charge on any atom is -0.312 e. The van der Waals surface area contributed by atoms with Gasteiger partial charge in [-0.25, -0.2) is 0 Å². The summed E-state index contributed by atoms with van der Waals surface area (Å²) in [6, 6.07) is 4.69. The standard InChI is InChI=1S/C13H17N/c1-9-5-10(2)12-11(6-9)7-14-8-13(12)3-4-13/h5-6,14H,3-4,7-8H2,1-2H3. The summed E-state index contributed by atoms with van der Waals surface area (Å²) < 4.78 is 0. The van der Waals surface area contributed by atoms with E-state index in [1.54, 1.807) is 11.1 Å². The van der Waals surface area contributed by atoms with Crippen LogP contribution >= 0.6 is 0 Å². The number of aryl methyl sites for hydroxylation is 2. The average Bonchev–Trinajstić information content (AvgIpc) is 2.84. The van der Waals surface area contributed by atoms with Crippen LogP contribution in [0, 0.1) is 13.8 Å². The van der Waals surface area contributed by atoms with Gasteiger partial charge in [-0.3, -0.25) is 0 Å². The number of benzene rings is 1. The molecule has 0 aromatic heterocycles. The molecule has 0 amide bonds. The molecule has 0 bridgehead atoms. The third kappa shape index (κ3) is 1.05. The molecule has 74 valence electrons. The van der Waals surface area contributed by atoms with Crippen LogP contribution in [0.3, 0.4) is 0 Å². The lowest BCUT2D eigenvalue weighted by Gasteiger charge is -2.28. The second-order valence-electron chi connectivity index (χ2n) is 5.00. The molecule has 0 atom stereocenters. The highest BCUT2D eigenvalue weighted by atomic mass is 14.9. The lowest BCUT2D eigenvalue weighted by Crippen LogP contribution is -2.34. The molecule has 1 spiro atoms. The fourth-order valence-corrected chi connectivity index (χ4v) is 3.06. The number of fused-ring (bicyclic) bond motifs is 2. The zero-order valence-corrected chi connectivity index (χ0v) is 8.98. The SMILES string of the molecule is Cc1cc(C)c2c(c1)CNCC21CC1. The van der Waals surface area contributed by atoms with Crippen molar-refractivity contribution in [3.8, 4) is 0 Å². The molecule has 1 N–H and O–H groups in total. The van der Waals surface area contributed by atoms with Gasteiger partial charge in [0.15, 0.2) is 0 Å². The van der Waals surface area contributed by atoms with Gasteiger partial charge in [-0.05, 0) is 43.4 Å². The van der Waals surface area contributed by atoms with Gasteiger partial charge >= 0.3 is 0 Å². The predicted molar refractivity (Wildman–Crippen MR) is 58.5 cm³/mol. The molecule has 1 aliphatic heterocycles. The first-order valence-corrected chi connectivity index (χ1v) is 5.53. The quantitative estimate of drug-likeness (QED) is 0.658. The van der Waals surface area contributed by atoms with Gasteiger partial charge in [0.05, 0.1) is 0 Å². The van der Waals surface area contributed by atoms with Crippen LogP contribution in [0.25, 0.3) is 0 Å². The minimum atomic E-state index is 0.533. The molecule has 1 nitrogen and oxygen atoms in total. The lowest BCUT2D eigenvalue weighted by atomic mass is 9.84. The van der Waals surface area contributed by atoms with Crippen molar-refractivity contribution in [1.82, 2.24) is 5.32 Å². The van der Waals surface area contributed by atoms with Crippen molar-refractivity contribution >= 4 is 0 Å². The second-order valence-corrected chi connectivity index (χ2v) is 5.00. The zero-order chi connectivity index (χ0) is 9.76. The van der Waals surface area contributed by atoms with Crippen LogP contribution in [0.4, 0.5) is 0 Å². The number of nitrogens with one attached hydrogen (secondary N) is 1. The lowest BCUT2D eigenvalue weighted by molar-refractivity contribution is 0.528. The van der Waals surface area contributed by atoms with Crippen LogP contribution < -0.4 is 5.32 Å². The Bertz CT molecular complexity index is 388. The molecule has 1 saturated carbocycles. The van der Waals surface area contributed by atoms with Crippen LogP contribution in [-0.4, -0.2) is 6.54 Å². The summed E-state index contributed by atoms with van der Waals surface area (Å²) in [5.74, 6) is 0. The first kappa shape index (κ1) is 8.49. The van der Waals surface area contributed by atoms with Crippen LogP contribution in [0.15, 0.2) is 12.1 Å². The van der Waals surface area contributed by atoms with Crippen molar-refractivity contribution in [2.75, 3.05) is 6.54 Å². The zero-order valence-electron chi connectivity index (χ0n) is 8.98. The molecule has 1 aromatic rings. The molecule has 1 aromatic carbocycles. The van der Waals surface area contributed by atoms with Crippen LogP contribution in [0.1, 0.15) is 35.1 Å². The van der Waals surface area contributed by atoms with Gasteiger partial charge in [0.25, 0.3) is 0 Å². The Kier molecular flexibility index (Phi) is 1.58. The predicted octanol–water partition coefficient (Wildman–Crippen LogP) is 2.44. The molecule has 1 aliphatic carbocycles. The molecular weight excluding hydrogens is 170 g/mol. The molecule has 0 unspecified atom stereocenters. The monoisotopic (exact) mass is 187 g/mol. The molecule has 2 aliphatic rings. The van der Waals surface area contributed by atoms with Crippen LogP contribution in [0.2, 0.25) is 0 Å². The Hall–Kier alpha value is -0.820. The van der Waals surface area contributed by atoms with Crippen molar-refractivity contribution in [2.24, 2.45) is 0 Å². The van der Waals surface area contributed by atoms with Gasteiger partial charge in [-0.15, -0.1) is 0 Å². The highest BCUT2D eigenvalue weighted by Gasteiger charge is 2.47. The average molecular weight is 187 g/mol. The molecular formula is C13H17N. The largest absolute Gasteiger partial charge is 0.312 e. The number of hydrogen-bond donors (Lipinski definition) is 1. The Labute approximate surface area is 85.5 Å². The van der Waals surface area contributed by atoms with E-state index in [-0.39, 0.29) is 0 Å². The Morgan fingerprint density at radius 2 is 2.00 bits per heavy atom. The normalized spacial score (nSPS) is 22.1. The summed E-state index contributed by atoms with van der Waals surface area (Å²) in [6.45, 7) is 6.74. The number of hydrogen-bond acceptors (Lipinski definition) is 1. The Morgan fingerprint density at radius 1 is 1.21 bits per heavy atom. The maximum atomic E-state index is 3.55. The van der Waals surface area contributed by atoms with Crippen molar-refractivity contribution in [2.45, 2.75) is 38.6 Å².